The van der Waals surface area contributed by atoms with E-state index < -0.39 is 0 Å². The molecule has 0 saturated heterocycles. The van der Waals surface area contributed by atoms with Gasteiger partial charge in [-0.3, -0.25) is 9.36 Å². The predicted octanol–water partition coefficient (Wildman–Crippen LogP) is 2.62. The van der Waals surface area contributed by atoms with Crippen LogP contribution in [-0.4, -0.2) is 25.6 Å². The number of aryl methyl sites for hydroxylation is 3. The van der Waals surface area contributed by atoms with Crippen molar-refractivity contribution in [3.05, 3.63) is 33.4 Å². The van der Waals surface area contributed by atoms with Crippen LogP contribution in [0.2, 0.25) is 5.02 Å². The zero-order valence-electron chi connectivity index (χ0n) is 13.4. The molecule has 0 bridgehead atoms. The fraction of sp³-hybridized carbons (Fsp3) is 0.600. The minimum atomic E-state index is 0.132. The summed E-state index contributed by atoms with van der Waals surface area (Å²) in [4.78, 5) is 0. The third-order valence-corrected chi connectivity index (χ3v) is 4.30. The first-order chi connectivity index (χ1) is 9.85. The molecule has 2 N–H and O–H groups in total. The van der Waals surface area contributed by atoms with Crippen LogP contribution < -0.4 is 5.73 Å². The van der Waals surface area contributed by atoms with E-state index in [1.165, 1.54) is 5.56 Å². The Morgan fingerprint density at radius 2 is 1.76 bits per heavy atom. The second-order valence-corrected chi connectivity index (χ2v) is 6.03. The molecular formula is C15H24ClN5. The van der Waals surface area contributed by atoms with Crippen molar-refractivity contribution in [2.45, 2.75) is 60.2 Å². The molecule has 0 aliphatic carbocycles. The SMILES string of the molecule is CCn1nc(C)c(Cl)c1Cn1nc(C)c(CC(C)N)c1C. The number of nitrogens with zero attached hydrogens (tertiary/aromatic N) is 4. The Labute approximate surface area is 131 Å². The number of rotatable bonds is 5. The highest BCUT2D eigenvalue weighted by Crippen LogP contribution is 2.23. The van der Waals surface area contributed by atoms with E-state index in [2.05, 4.69) is 24.0 Å². The molecule has 0 fully saturated rings. The van der Waals surface area contributed by atoms with Gasteiger partial charge in [0.05, 0.1) is 28.6 Å². The van der Waals surface area contributed by atoms with Crippen LogP contribution in [0.5, 0.6) is 0 Å². The van der Waals surface area contributed by atoms with Crippen molar-refractivity contribution in [2.24, 2.45) is 5.73 Å². The lowest BCUT2D eigenvalue weighted by Gasteiger charge is -2.09. The molecule has 2 aromatic heterocycles. The maximum Gasteiger partial charge on any atom is 0.0866 e. The van der Waals surface area contributed by atoms with E-state index in [9.17, 15) is 0 Å². The highest BCUT2D eigenvalue weighted by atomic mass is 35.5. The molecule has 0 radical (unpaired) electrons. The maximum absolute atomic E-state index is 6.38. The largest absolute Gasteiger partial charge is 0.328 e. The molecule has 0 saturated carbocycles. The summed E-state index contributed by atoms with van der Waals surface area (Å²) in [6.45, 7) is 11.6. The van der Waals surface area contributed by atoms with E-state index in [4.69, 9.17) is 17.3 Å². The third-order valence-electron chi connectivity index (χ3n) is 3.81. The monoisotopic (exact) mass is 309 g/mol. The first-order valence-electron chi connectivity index (χ1n) is 7.35. The lowest BCUT2D eigenvalue weighted by atomic mass is 10.1. The van der Waals surface area contributed by atoms with E-state index in [1.807, 2.05) is 30.1 Å². The molecule has 0 aliphatic rings. The van der Waals surface area contributed by atoms with Gasteiger partial charge in [0.15, 0.2) is 0 Å². The number of hydrogen-bond donors (Lipinski definition) is 1. The molecule has 0 aliphatic heterocycles. The Morgan fingerprint density at radius 3 is 2.33 bits per heavy atom. The fourth-order valence-corrected chi connectivity index (χ4v) is 2.86. The third kappa shape index (κ3) is 3.14. The van der Waals surface area contributed by atoms with Gasteiger partial charge in [-0.25, -0.2) is 0 Å². The molecule has 0 aromatic carbocycles. The van der Waals surface area contributed by atoms with Gasteiger partial charge in [0.25, 0.3) is 0 Å². The average molecular weight is 310 g/mol. The van der Waals surface area contributed by atoms with Crippen molar-refractivity contribution in [3.8, 4) is 0 Å². The lowest BCUT2D eigenvalue weighted by molar-refractivity contribution is 0.566. The highest BCUT2D eigenvalue weighted by molar-refractivity contribution is 6.31. The van der Waals surface area contributed by atoms with Crippen molar-refractivity contribution < 1.29 is 0 Å². The Bertz CT molecular complexity index is 639. The Hall–Kier alpha value is -1.33. The van der Waals surface area contributed by atoms with Gasteiger partial charge in [0, 0.05) is 18.3 Å². The quantitative estimate of drug-likeness (QED) is 0.923. The van der Waals surface area contributed by atoms with Gasteiger partial charge < -0.3 is 5.73 Å². The van der Waals surface area contributed by atoms with Crippen molar-refractivity contribution in [3.63, 3.8) is 0 Å². The lowest BCUT2D eigenvalue weighted by Crippen LogP contribution is -2.18. The van der Waals surface area contributed by atoms with Gasteiger partial charge in [-0.15, -0.1) is 0 Å². The molecule has 1 unspecified atom stereocenters. The van der Waals surface area contributed by atoms with E-state index in [1.54, 1.807) is 0 Å². The summed E-state index contributed by atoms with van der Waals surface area (Å²) in [6.07, 6.45) is 0.845. The van der Waals surface area contributed by atoms with Crippen LogP contribution in [0.15, 0.2) is 0 Å². The van der Waals surface area contributed by atoms with Gasteiger partial charge >= 0.3 is 0 Å². The van der Waals surface area contributed by atoms with Crippen LogP contribution in [0.25, 0.3) is 0 Å². The van der Waals surface area contributed by atoms with Gasteiger partial charge in [-0.05, 0) is 46.6 Å². The van der Waals surface area contributed by atoms with Crippen molar-refractivity contribution in [1.82, 2.24) is 19.6 Å². The molecular weight excluding hydrogens is 286 g/mol. The van der Waals surface area contributed by atoms with Crippen LogP contribution in [0.3, 0.4) is 0 Å². The second-order valence-electron chi connectivity index (χ2n) is 5.65. The van der Waals surface area contributed by atoms with E-state index >= 15 is 0 Å². The molecule has 2 heterocycles. The molecule has 0 amide bonds. The molecule has 116 valence electrons. The van der Waals surface area contributed by atoms with Crippen molar-refractivity contribution >= 4 is 11.6 Å². The van der Waals surface area contributed by atoms with Gasteiger partial charge in [-0.2, -0.15) is 10.2 Å². The zero-order chi connectivity index (χ0) is 15.7. The fourth-order valence-electron chi connectivity index (χ4n) is 2.67. The van der Waals surface area contributed by atoms with Crippen LogP contribution in [0.4, 0.5) is 0 Å². The zero-order valence-corrected chi connectivity index (χ0v) is 14.2. The smallest absolute Gasteiger partial charge is 0.0866 e. The summed E-state index contributed by atoms with van der Waals surface area (Å²) in [5.41, 5.74) is 11.2. The molecule has 0 spiro atoms. The van der Waals surface area contributed by atoms with E-state index in [0.29, 0.717) is 6.54 Å². The molecule has 1 atom stereocenters. The van der Waals surface area contributed by atoms with Crippen LogP contribution in [-0.2, 0) is 19.5 Å². The Kier molecular flexibility index (Phi) is 4.74. The van der Waals surface area contributed by atoms with Gasteiger partial charge in [0.2, 0.25) is 0 Å². The molecule has 2 aromatic rings. The topological polar surface area (TPSA) is 61.7 Å². The highest BCUT2D eigenvalue weighted by Gasteiger charge is 2.17. The van der Waals surface area contributed by atoms with Crippen molar-refractivity contribution in [2.75, 3.05) is 0 Å². The Balaban J connectivity index is 2.37. The predicted molar refractivity (Wildman–Crippen MR) is 85.8 cm³/mol. The normalized spacial score (nSPS) is 12.9. The second kappa shape index (κ2) is 6.20. The summed E-state index contributed by atoms with van der Waals surface area (Å²) >= 11 is 6.38. The van der Waals surface area contributed by atoms with Crippen LogP contribution in [0, 0.1) is 20.8 Å². The summed E-state index contributed by atoms with van der Waals surface area (Å²) in [6, 6.07) is 0.132. The number of nitrogens with two attached hydrogens (primary N) is 1. The van der Waals surface area contributed by atoms with Crippen LogP contribution in [0.1, 0.15) is 42.2 Å². The summed E-state index contributed by atoms with van der Waals surface area (Å²) < 4.78 is 3.95. The number of halogens is 1. The molecule has 21 heavy (non-hydrogen) atoms. The summed E-state index contributed by atoms with van der Waals surface area (Å²) in [5, 5.41) is 9.84. The van der Waals surface area contributed by atoms with Gasteiger partial charge in [0.1, 0.15) is 0 Å². The Morgan fingerprint density at radius 1 is 1.14 bits per heavy atom. The van der Waals surface area contributed by atoms with Crippen LogP contribution >= 0.6 is 11.6 Å². The molecule has 5 nitrogen and oxygen atoms in total. The standard InChI is InChI=1S/C15H24ClN5/c1-6-20-14(15(16)11(4)19-20)8-21-12(5)13(7-9(2)17)10(3)18-21/h9H,6-8,17H2,1-5H3. The molecule has 2 rings (SSSR count). The minimum Gasteiger partial charge on any atom is -0.328 e. The van der Waals surface area contributed by atoms with Crippen molar-refractivity contribution in [1.29, 1.82) is 0 Å². The number of aromatic nitrogens is 4. The number of hydrogen-bond acceptors (Lipinski definition) is 3. The average Bonchev–Trinajstić information content (AvgIpc) is 2.83. The summed E-state index contributed by atoms with van der Waals surface area (Å²) in [7, 11) is 0. The first-order valence-corrected chi connectivity index (χ1v) is 7.73. The maximum atomic E-state index is 6.38. The van der Waals surface area contributed by atoms with E-state index in [0.717, 1.165) is 40.8 Å². The first kappa shape index (κ1) is 16.0. The summed E-state index contributed by atoms with van der Waals surface area (Å²) in [5.74, 6) is 0. The van der Waals surface area contributed by atoms with E-state index in [-0.39, 0.29) is 6.04 Å². The molecule has 6 heteroatoms. The van der Waals surface area contributed by atoms with Gasteiger partial charge in [-0.1, -0.05) is 11.6 Å². The minimum absolute atomic E-state index is 0.132.